The molecule has 2 saturated heterocycles. The maximum atomic E-state index is 9.98. The van der Waals surface area contributed by atoms with Gasteiger partial charge in [0.2, 0.25) is 0 Å². The number of para-hydroxylation sites is 1. The van der Waals surface area contributed by atoms with E-state index in [1.54, 1.807) is 7.11 Å². The van der Waals surface area contributed by atoms with Crippen LogP contribution in [0.2, 0.25) is 0 Å². The quantitative estimate of drug-likeness (QED) is 0.869. The number of rotatable bonds is 6. The molecule has 2 heterocycles. The molecule has 134 valence electrons. The Morgan fingerprint density at radius 2 is 1.92 bits per heavy atom. The first-order valence-electron chi connectivity index (χ1n) is 9.40. The predicted molar refractivity (Wildman–Crippen MR) is 98.5 cm³/mol. The first-order chi connectivity index (χ1) is 11.8. The van der Waals surface area contributed by atoms with Gasteiger partial charge in [-0.2, -0.15) is 0 Å². The monoisotopic (exact) mass is 332 g/mol. The SMILES string of the molecule is COCC[C@]1(CO)CCCN(C2CCN(c3ccccc3)CC2)C1. The van der Waals surface area contributed by atoms with Crippen LogP contribution in [0.4, 0.5) is 5.69 Å². The third kappa shape index (κ3) is 4.11. The number of hydrogen-bond acceptors (Lipinski definition) is 4. The van der Waals surface area contributed by atoms with Crippen molar-refractivity contribution in [1.82, 2.24) is 4.90 Å². The molecule has 1 aromatic rings. The van der Waals surface area contributed by atoms with Crippen LogP contribution in [0.1, 0.15) is 32.1 Å². The highest BCUT2D eigenvalue weighted by atomic mass is 16.5. The molecule has 0 spiro atoms. The molecule has 0 radical (unpaired) electrons. The van der Waals surface area contributed by atoms with Crippen molar-refractivity contribution < 1.29 is 9.84 Å². The second kappa shape index (κ2) is 8.32. The lowest BCUT2D eigenvalue weighted by Crippen LogP contribution is -2.53. The Hall–Kier alpha value is -1.10. The van der Waals surface area contributed by atoms with Gasteiger partial charge >= 0.3 is 0 Å². The Balaban J connectivity index is 1.56. The predicted octanol–water partition coefficient (Wildman–Crippen LogP) is 2.77. The van der Waals surface area contributed by atoms with Gasteiger partial charge in [-0.05, 0) is 50.8 Å². The van der Waals surface area contributed by atoms with E-state index in [0.29, 0.717) is 6.04 Å². The fourth-order valence-electron chi connectivity index (χ4n) is 4.42. The van der Waals surface area contributed by atoms with Crippen LogP contribution in [-0.4, -0.2) is 62.6 Å². The molecule has 0 aromatic heterocycles. The van der Waals surface area contributed by atoms with Crippen molar-refractivity contribution in [2.45, 2.75) is 38.1 Å². The van der Waals surface area contributed by atoms with Crippen molar-refractivity contribution in [2.75, 3.05) is 51.4 Å². The van der Waals surface area contributed by atoms with Gasteiger partial charge in [-0.1, -0.05) is 18.2 Å². The molecule has 1 atom stereocenters. The minimum atomic E-state index is 0.0465. The summed E-state index contributed by atoms with van der Waals surface area (Å²) in [5.74, 6) is 0. The fourth-order valence-corrected chi connectivity index (χ4v) is 4.42. The number of ether oxygens (including phenoxy) is 1. The number of benzene rings is 1. The molecular weight excluding hydrogens is 300 g/mol. The molecule has 0 bridgehead atoms. The van der Waals surface area contributed by atoms with E-state index in [0.717, 1.165) is 39.1 Å². The Morgan fingerprint density at radius 1 is 1.17 bits per heavy atom. The van der Waals surface area contributed by atoms with Crippen molar-refractivity contribution in [2.24, 2.45) is 5.41 Å². The zero-order valence-electron chi connectivity index (χ0n) is 15.0. The van der Waals surface area contributed by atoms with Gasteiger partial charge in [-0.15, -0.1) is 0 Å². The summed E-state index contributed by atoms with van der Waals surface area (Å²) in [5, 5.41) is 9.98. The minimum Gasteiger partial charge on any atom is -0.396 e. The highest BCUT2D eigenvalue weighted by Crippen LogP contribution is 2.35. The minimum absolute atomic E-state index is 0.0465. The number of methoxy groups -OCH3 is 1. The van der Waals surface area contributed by atoms with Crippen LogP contribution in [0.3, 0.4) is 0 Å². The van der Waals surface area contributed by atoms with Gasteiger partial charge in [0, 0.05) is 50.5 Å². The van der Waals surface area contributed by atoms with E-state index in [1.165, 1.54) is 31.5 Å². The second-order valence-corrected chi connectivity index (χ2v) is 7.53. The Bertz CT molecular complexity index is 488. The average molecular weight is 332 g/mol. The van der Waals surface area contributed by atoms with Gasteiger partial charge in [-0.25, -0.2) is 0 Å². The van der Waals surface area contributed by atoms with E-state index in [-0.39, 0.29) is 12.0 Å². The van der Waals surface area contributed by atoms with Crippen molar-refractivity contribution in [1.29, 1.82) is 0 Å². The van der Waals surface area contributed by atoms with E-state index in [2.05, 4.69) is 40.1 Å². The Morgan fingerprint density at radius 3 is 2.58 bits per heavy atom. The summed E-state index contributed by atoms with van der Waals surface area (Å²) in [6.45, 7) is 5.52. The number of likely N-dealkylation sites (tertiary alicyclic amines) is 1. The van der Waals surface area contributed by atoms with Crippen LogP contribution in [0.15, 0.2) is 30.3 Å². The van der Waals surface area contributed by atoms with Gasteiger partial charge in [0.25, 0.3) is 0 Å². The summed E-state index contributed by atoms with van der Waals surface area (Å²) < 4.78 is 5.28. The maximum Gasteiger partial charge on any atom is 0.0500 e. The van der Waals surface area contributed by atoms with Crippen molar-refractivity contribution in [3.05, 3.63) is 30.3 Å². The Labute approximate surface area is 146 Å². The summed E-state index contributed by atoms with van der Waals surface area (Å²) in [5.41, 5.74) is 1.39. The molecule has 1 aromatic carbocycles. The number of piperidine rings is 2. The largest absolute Gasteiger partial charge is 0.396 e. The molecule has 0 saturated carbocycles. The van der Waals surface area contributed by atoms with Crippen LogP contribution in [0.25, 0.3) is 0 Å². The molecule has 2 aliphatic rings. The lowest BCUT2D eigenvalue weighted by molar-refractivity contribution is -0.0118. The topological polar surface area (TPSA) is 35.9 Å². The summed E-state index contributed by atoms with van der Waals surface area (Å²) in [6.07, 6.45) is 5.75. The fraction of sp³-hybridized carbons (Fsp3) is 0.700. The molecule has 1 N–H and O–H groups in total. The van der Waals surface area contributed by atoms with E-state index in [9.17, 15) is 5.11 Å². The third-order valence-corrected chi connectivity index (χ3v) is 5.97. The number of nitrogens with zero attached hydrogens (tertiary/aromatic N) is 2. The van der Waals surface area contributed by atoms with E-state index < -0.39 is 0 Å². The number of hydrogen-bond donors (Lipinski definition) is 1. The van der Waals surface area contributed by atoms with Gasteiger partial charge in [0.1, 0.15) is 0 Å². The summed E-state index contributed by atoms with van der Waals surface area (Å²) >= 11 is 0. The molecule has 2 fully saturated rings. The second-order valence-electron chi connectivity index (χ2n) is 7.53. The van der Waals surface area contributed by atoms with Crippen LogP contribution in [0, 0.1) is 5.41 Å². The molecule has 4 nitrogen and oxygen atoms in total. The molecule has 0 aliphatic carbocycles. The smallest absolute Gasteiger partial charge is 0.0500 e. The lowest BCUT2D eigenvalue weighted by Gasteiger charge is -2.47. The van der Waals surface area contributed by atoms with Crippen LogP contribution in [-0.2, 0) is 4.74 Å². The normalized spacial score (nSPS) is 26.7. The lowest BCUT2D eigenvalue weighted by atomic mass is 9.77. The molecule has 24 heavy (non-hydrogen) atoms. The van der Waals surface area contributed by atoms with E-state index >= 15 is 0 Å². The molecular formula is C20H32N2O2. The van der Waals surface area contributed by atoms with E-state index in [1.807, 2.05) is 0 Å². The molecule has 4 heteroatoms. The maximum absolute atomic E-state index is 9.98. The van der Waals surface area contributed by atoms with Gasteiger partial charge in [0.05, 0.1) is 6.61 Å². The highest BCUT2D eigenvalue weighted by Gasteiger charge is 2.37. The molecule has 0 amide bonds. The Kier molecular flexibility index (Phi) is 6.14. The molecule has 2 aliphatic heterocycles. The highest BCUT2D eigenvalue weighted by molar-refractivity contribution is 5.46. The van der Waals surface area contributed by atoms with E-state index in [4.69, 9.17) is 4.74 Å². The van der Waals surface area contributed by atoms with Gasteiger partial charge in [0.15, 0.2) is 0 Å². The van der Waals surface area contributed by atoms with Gasteiger partial charge in [-0.3, -0.25) is 4.90 Å². The summed E-state index contributed by atoms with van der Waals surface area (Å²) in [6, 6.07) is 11.4. The number of aliphatic hydroxyl groups is 1. The van der Waals surface area contributed by atoms with Crippen LogP contribution in [0.5, 0.6) is 0 Å². The summed E-state index contributed by atoms with van der Waals surface area (Å²) in [7, 11) is 1.75. The first kappa shape index (κ1) is 17.7. The zero-order chi connectivity index (χ0) is 16.8. The zero-order valence-corrected chi connectivity index (χ0v) is 15.0. The average Bonchev–Trinajstić information content (AvgIpc) is 2.67. The molecule has 0 unspecified atom stereocenters. The number of aliphatic hydroxyl groups excluding tert-OH is 1. The van der Waals surface area contributed by atoms with Crippen molar-refractivity contribution in [3.63, 3.8) is 0 Å². The first-order valence-corrected chi connectivity index (χ1v) is 9.40. The number of anilines is 1. The van der Waals surface area contributed by atoms with Crippen LogP contribution >= 0.6 is 0 Å². The van der Waals surface area contributed by atoms with Gasteiger partial charge < -0.3 is 14.7 Å². The summed E-state index contributed by atoms with van der Waals surface area (Å²) in [4.78, 5) is 5.16. The third-order valence-electron chi connectivity index (χ3n) is 5.97. The van der Waals surface area contributed by atoms with Crippen molar-refractivity contribution in [3.8, 4) is 0 Å². The standard InChI is InChI=1S/C20H32N2O2/c1-24-15-11-20(17-23)10-5-12-22(16-20)19-8-13-21(14-9-19)18-6-3-2-4-7-18/h2-4,6-7,19,23H,5,8-17H2,1H3/t20-/m1/s1. The van der Waals surface area contributed by atoms with Crippen molar-refractivity contribution >= 4 is 5.69 Å². The van der Waals surface area contributed by atoms with Crippen LogP contribution < -0.4 is 4.90 Å². The molecule has 3 rings (SSSR count).